The molecule has 1 atom stereocenters. The fraction of sp³-hybridized carbons (Fsp3) is 0.250. The molecule has 5 nitrogen and oxygen atoms in total. The average Bonchev–Trinajstić information content (AvgIpc) is 2.91. The number of rotatable bonds is 6. The number of carbonyl (C=O) groups is 1. The molecule has 1 amide bonds. The summed E-state index contributed by atoms with van der Waals surface area (Å²) in [5, 5.41) is 5.23. The number of methoxy groups -OCH3 is 1. The third-order valence-electron chi connectivity index (χ3n) is 2.83. The molecule has 2 rings (SSSR count). The topological polar surface area (TPSA) is 77.2 Å². The number of nitrogens with two attached hydrogens (primary N) is 1. The van der Waals surface area contributed by atoms with E-state index in [1.165, 1.54) is 17.4 Å². The Morgan fingerprint density at radius 1 is 1.55 bits per heavy atom. The number of anilines is 1. The maximum absolute atomic E-state index is 11.9. The molecule has 0 radical (unpaired) electrons. The lowest BCUT2D eigenvalue weighted by Gasteiger charge is -2.01. The maximum Gasteiger partial charge on any atom is 0.250 e. The van der Waals surface area contributed by atoms with Crippen LogP contribution in [0.5, 0.6) is 5.75 Å². The zero-order valence-electron chi connectivity index (χ0n) is 12.6. The molecule has 6 heteroatoms. The largest absolute Gasteiger partial charge is 0.497 e. The highest BCUT2D eigenvalue weighted by Crippen LogP contribution is 2.17. The second-order valence-corrected chi connectivity index (χ2v) is 5.78. The highest BCUT2D eigenvalue weighted by atomic mass is 32.1. The minimum atomic E-state index is -0.218. The van der Waals surface area contributed by atoms with Gasteiger partial charge in [0.05, 0.1) is 12.8 Å². The highest BCUT2D eigenvalue weighted by Gasteiger charge is 2.06. The number of hydrogen-bond donors (Lipinski definition) is 2. The second kappa shape index (κ2) is 7.72. The van der Waals surface area contributed by atoms with E-state index in [9.17, 15) is 4.79 Å². The molecule has 0 spiro atoms. The van der Waals surface area contributed by atoms with E-state index >= 15 is 0 Å². The van der Waals surface area contributed by atoms with Crippen LogP contribution in [0.25, 0.3) is 6.08 Å². The smallest absolute Gasteiger partial charge is 0.250 e. The Balaban J connectivity index is 1.94. The molecule has 0 fully saturated rings. The number of thiazole rings is 1. The quantitative estimate of drug-likeness (QED) is 0.803. The van der Waals surface area contributed by atoms with Gasteiger partial charge in [-0.05, 0) is 30.7 Å². The van der Waals surface area contributed by atoms with Crippen molar-refractivity contribution in [3.63, 3.8) is 0 Å². The zero-order chi connectivity index (χ0) is 15.9. The predicted molar refractivity (Wildman–Crippen MR) is 90.1 cm³/mol. The van der Waals surface area contributed by atoms with Gasteiger partial charge in [-0.1, -0.05) is 12.1 Å². The number of benzene rings is 1. The molecule has 0 aliphatic carbocycles. The molecule has 0 aliphatic heterocycles. The van der Waals surface area contributed by atoms with Gasteiger partial charge in [0.25, 0.3) is 0 Å². The van der Waals surface area contributed by atoms with Gasteiger partial charge in [0.15, 0.2) is 5.13 Å². The minimum absolute atomic E-state index is 0.0543. The van der Waals surface area contributed by atoms with Crippen molar-refractivity contribution >= 4 is 28.5 Å². The molecule has 1 aromatic heterocycles. The van der Waals surface area contributed by atoms with Gasteiger partial charge in [0, 0.05) is 23.9 Å². The Morgan fingerprint density at radius 2 is 2.36 bits per heavy atom. The Hall–Kier alpha value is -2.18. The van der Waals surface area contributed by atoms with Crippen molar-refractivity contribution in [1.82, 2.24) is 4.98 Å². The Morgan fingerprint density at radius 3 is 3.09 bits per heavy atom. The third-order valence-corrected chi connectivity index (χ3v) is 3.64. The van der Waals surface area contributed by atoms with E-state index in [1.54, 1.807) is 13.2 Å². The molecule has 1 unspecified atom stereocenters. The maximum atomic E-state index is 11.9. The number of aromatic nitrogens is 1. The molecule has 2 aromatic rings. The second-order valence-electron chi connectivity index (χ2n) is 4.92. The van der Waals surface area contributed by atoms with Gasteiger partial charge >= 0.3 is 0 Å². The van der Waals surface area contributed by atoms with Gasteiger partial charge < -0.3 is 10.5 Å². The standard InChI is InChI=1S/C16H19N3O2S/c1-11(17)8-13-10-22-16(18-13)19-15(20)7-6-12-4-3-5-14(9-12)21-2/h3-7,9-11H,8,17H2,1-2H3,(H,18,19,20)/b7-6+. The molecular formula is C16H19N3O2S. The molecule has 0 saturated carbocycles. The number of amides is 1. The van der Waals surface area contributed by atoms with Crippen LogP contribution in [0.2, 0.25) is 0 Å². The van der Waals surface area contributed by atoms with Crippen molar-refractivity contribution in [2.45, 2.75) is 19.4 Å². The molecule has 1 aromatic carbocycles. The van der Waals surface area contributed by atoms with Crippen LogP contribution in [0, 0.1) is 0 Å². The molecule has 0 saturated heterocycles. The van der Waals surface area contributed by atoms with Crippen molar-refractivity contribution in [3.8, 4) is 5.75 Å². The summed E-state index contributed by atoms with van der Waals surface area (Å²) in [4.78, 5) is 16.2. The first-order valence-corrected chi connectivity index (χ1v) is 7.78. The van der Waals surface area contributed by atoms with Crippen LogP contribution in [-0.4, -0.2) is 24.0 Å². The summed E-state index contributed by atoms with van der Waals surface area (Å²) < 4.78 is 5.14. The van der Waals surface area contributed by atoms with Crippen LogP contribution in [0.4, 0.5) is 5.13 Å². The molecule has 0 aliphatic rings. The first kappa shape index (κ1) is 16.2. The summed E-state index contributed by atoms with van der Waals surface area (Å²) in [6, 6.07) is 7.54. The minimum Gasteiger partial charge on any atom is -0.497 e. The first-order valence-electron chi connectivity index (χ1n) is 6.90. The van der Waals surface area contributed by atoms with Crippen molar-refractivity contribution in [3.05, 3.63) is 47.0 Å². The lowest BCUT2D eigenvalue weighted by atomic mass is 10.2. The molecule has 1 heterocycles. The summed E-state index contributed by atoms with van der Waals surface area (Å²) in [5.74, 6) is 0.535. The Labute approximate surface area is 133 Å². The molecule has 116 valence electrons. The molecule has 3 N–H and O–H groups in total. The van der Waals surface area contributed by atoms with Gasteiger partial charge in [-0.15, -0.1) is 11.3 Å². The van der Waals surface area contributed by atoms with Crippen LogP contribution in [0.1, 0.15) is 18.2 Å². The lowest BCUT2D eigenvalue weighted by Crippen LogP contribution is -2.18. The average molecular weight is 317 g/mol. The first-order chi connectivity index (χ1) is 10.6. The van der Waals surface area contributed by atoms with E-state index in [0.717, 1.165) is 17.0 Å². The Bertz CT molecular complexity index is 665. The van der Waals surface area contributed by atoms with E-state index in [2.05, 4.69) is 10.3 Å². The third kappa shape index (κ3) is 4.98. The summed E-state index contributed by atoms with van der Waals surface area (Å²) >= 11 is 1.40. The van der Waals surface area contributed by atoms with Gasteiger partial charge in [-0.2, -0.15) is 0 Å². The zero-order valence-corrected chi connectivity index (χ0v) is 13.4. The number of nitrogens with one attached hydrogen (secondary N) is 1. The molecule has 0 bridgehead atoms. The van der Waals surface area contributed by atoms with Gasteiger partial charge in [0.1, 0.15) is 5.75 Å². The van der Waals surface area contributed by atoms with Crippen LogP contribution in [0.15, 0.2) is 35.7 Å². The summed E-state index contributed by atoms with van der Waals surface area (Å²) in [6.45, 7) is 1.93. The SMILES string of the molecule is COc1cccc(/C=C/C(=O)Nc2nc(CC(C)N)cs2)c1. The number of nitrogens with zero attached hydrogens (tertiary/aromatic N) is 1. The van der Waals surface area contributed by atoms with Gasteiger partial charge in [-0.25, -0.2) is 4.98 Å². The number of carbonyl (C=O) groups excluding carboxylic acids is 1. The van der Waals surface area contributed by atoms with E-state index < -0.39 is 0 Å². The summed E-state index contributed by atoms with van der Waals surface area (Å²) in [6.07, 6.45) is 3.90. The highest BCUT2D eigenvalue weighted by molar-refractivity contribution is 7.13. The normalized spacial score (nSPS) is 12.3. The van der Waals surface area contributed by atoms with Crippen LogP contribution < -0.4 is 15.8 Å². The van der Waals surface area contributed by atoms with Gasteiger partial charge in [0.2, 0.25) is 5.91 Å². The van der Waals surface area contributed by atoms with Crippen molar-refractivity contribution in [1.29, 1.82) is 0 Å². The fourth-order valence-corrected chi connectivity index (χ4v) is 2.58. The summed E-state index contributed by atoms with van der Waals surface area (Å²) in [7, 11) is 1.61. The Kier molecular flexibility index (Phi) is 5.68. The van der Waals surface area contributed by atoms with E-state index in [0.29, 0.717) is 11.6 Å². The van der Waals surface area contributed by atoms with Gasteiger partial charge in [-0.3, -0.25) is 10.1 Å². The van der Waals surface area contributed by atoms with Crippen molar-refractivity contribution < 1.29 is 9.53 Å². The van der Waals surface area contributed by atoms with Crippen molar-refractivity contribution in [2.24, 2.45) is 5.73 Å². The molecular weight excluding hydrogens is 298 g/mol. The molecule has 22 heavy (non-hydrogen) atoms. The number of hydrogen-bond acceptors (Lipinski definition) is 5. The van der Waals surface area contributed by atoms with Crippen LogP contribution >= 0.6 is 11.3 Å². The van der Waals surface area contributed by atoms with Crippen molar-refractivity contribution in [2.75, 3.05) is 12.4 Å². The van der Waals surface area contributed by atoms with E-state index in [-0.39, 0.29) is 11.9 Å². The van der Waals surface area contributed by atoms with Crippen LogP contribution in [0.3, 0.4) is 0 Å². The van der Waals surface area contributed by atoms with E-state index in [4.69, 9.17) is 10.5 Å². The predicted octanol–water partition coefficient (Wildman–Crippen LogP) is 2.69. The number of ether oxygens (including phenoxy) is 1. The summed E-state index contributed by atoms with van der Waals surface area (Å²) in [5.41, 5.74) is 7.52. The monoisotopic (exact) mass is 317 g/mol. The van der Waals surface area contributed by atoms with Crippen LogP contribution in [-0.2, 0) is 11.2 Å². The fourth-order valence-electron chi connectivity index (χ4n) is 1.85. The lowest BCUT2D eigenvalue weighted by molar-refractivity contribution is -0.111. The van der Waals surface area contributed by atoms with E-state index in [1.807, 2.05) is 36.6 Å².